The Kier molecular flexibility index (Phi) is 8.68. The number of hydrogen-bond acceptors (Lipinski definition) is 5. The molecule has 202 valence electrons. The number of halogens is 1. The Morgan fingerprint density at radius 2 is 1.71 bits per heavy atom. The molecule has 38 heavy (non-hydrogen) atoms. The lowest BCUT2D eigenvalue weighted by atomic mass is 9.72. The van der Waals surface area contributed by atoms with Gasteiger partial charge in [-0.2, -0.15) is 0 Å². The van der Waals surface area contributed by atoms with Crippen molar-refractivity contribution in [1.29, 1.82) is 0 Å². The number of amides is 2. The minimum absolute atomic E-state index is 0.163. The molecule has 1 heterocycles. The molecule has 0 aliphatic heterocycles. The van der Waals surface area contributed by atoms with Gasteiger partial charge in [-0.15, -0.1) is 11.3 Å². The lowest BCUT2D eigenvalue weighted by molar-refractivity contribution is -0.122. The van der Waals surface area contributed by atoms with Crippen molar-refractivity contribution in [2.45, 2.75) is 60.0 Å². The van der Waals surface area contributed by atoms with Gasteiger partial charge in [-0.1, -0.05) is 32.4 Å². The third-order valence-corrected chi connectivity index (χ3v) is 8.29. The monoisotopic (exact) mass is 554 g/mol. The molecule has 2 unspecified atom stereocenters. The van der Waals surface area contributed by atoms with Gasteiger partial charge in [0.25, 0.3) is 11.8 Å². The van der Waals surface area contributed by atoms with Gasteiger partial charge in [-0.05, 0) is 98.5 Å². The molecule has 1 aliphatic carbocycles. The van der Waals surface area contributed by atoms with Crippen LogP contribution >= 0.6 is 22.9 Å². The number of nitrogens with one attached hydrogen (secondary N) is 2. The molecule has 2 atom stereocenters. The Morgan fingerprint density at radius 3 is 2.34 bits per heavy atom. The maximum atomic E-state index is 13.6. The van der Waals surface area contributed by atoms with E-state index in [9.17, 15) is 9.59 Å². The van der Waals surface area contributed by atoms with Gasteiger partial charge in [0.15, 0.2) is 6.10 Å². The first-order chi connectivity index (χ1) is 18.0. The molecule has 0 bridgehead atoms. The summed E-state index contributed by atoms with van der Waals surface area (Å²) in [5.41, 5.74) is 2.40. The van der Waals surface area contributed by atoms with Gasteiger partial charge >= 0.3 is 0 Å². The molecule has 0 spiro atoms. The summed E-state index contributed by atoms with van der Waals surface area (Å²) in [5.74, 6) is 1.24. The Morgan fingerprint density at radius 1 is 1.05 bits per heavy atom. The van der Waals surface area contributed by atoms with E-state index in [2.05, 4.69) is 31.4 Å². The predicted molar refractivity (Wildman–Crippen MR) is 155 cm³/mol. The van der Waals surface area contributed by atoms with Crippen LogP contribution in [-0.4, -0.2) is 24.5 Å². The van der Waals surface area contributed by atoms with Crippen molar-refractivity contribution in [2.24, 2.45) is 11.3 Å². The average Bonchev–Trinajstić information content (AvgIpc) is 3.23. The van der Waals surface area contributed by atoms with Crippen molar-refractivity contribution >= 4 is 45.4 Å². The summed E-state index contributed by atoms with van der Waals surface area (Å²) in [7, 11) is 0. The van der Waals surface area contributed by atoms with Gasteiger partial charge in [0, 0.05) is 15.6 Å². The Balaban J connectivity index is 1.58. The smallest absolute Gasteiger partial charge is 0.265 e. The molecule has 4 rings (SSSR count). The third-order valence-electron chi connectivity index (χ3n) is 6.87. The van der Waals surface area contributed by atoms with Gasteiger partial charge < -0.3 is 20.1 Å². The predicted octanol–water partition coefficient (Wildman–Crippen LogP) is 7.61. The van der Waals surface area contributed by atoms with Crippen LogP contribution in [0.15, 0.2) is 48.5 Å². The number of thiophene rings is 1. The number of carbonyl (C=O) groups excluding carboxylic acids is 2. The van der Waals surface area contributed by atoms with E-state index in [0.29, 0.717) is 39.5 Å². The lowest BCUT2D eigenvalue weighted by Gasteiger charge is -2.33. The first kappa shape index (κ1) is 28.0. The van der Waals surface area contributed by atoms with Crippen molar-refractivity contribution in [1.82, 2.24) is 0 Å². The summed E-state index contributed by atoms with van der Waals surface area (Å²) >= 11 is 7.45. The largest absolute Gasteiger partial charge is 0.494 e. The van der Waals surface area contributed by atoms with Gasteiger partial charge in [-0.3, -0.25) is 9.59 Å². The summed E-state index contributed by atoms with van der Waals surface area (Å²) in [6, 6.07) is 14.2. The maximum Gasteiger partial charge on any atom is 0.265 e. The molecule has 0 saturated heterocycles. The number of anilines is 2. The molecule has 2 aromatic carbocycles. The van der Waals surface area contributed by atoms with Crippen LogP contribution in [0.1, 0.15) is 61.8 Å². The third kappa shape index (κ3) is 6.69. The number of carbonyl (C=O) groups is 2. The zero-order chi connectivity index (χ0) is 27.4. The summed E-state index contributed by atoms with van der Waals surface area (Å²) < 4.78 is 11.3. The first-order valence-electron chi connectivity index (χ1n) is 13.0. The zero-order valence-electron chi connectivity index (χ0n) is 22.5. The number of ether oxygens (including phenoxy) is 2. The van der Waals surface area contributed by atoms with Crippen LogP contribution in [0.25, 0.3) is 0 Å². The van der Waals surface area contributed by atoms with Crippen molar-refractivity contribution < 1.29 is 19.1 Å². The van der Waals surface area contributed by atoms with Crippen LogP contribution in [0.2, 0.25) is 5.02 Å². The van der Waals surface area contributed by atoms with Crippen LogP contribution in [0, 0.1) is 11.3 Å². The lowest BCUT2D eigenvalue weighted by Crippen LogP contribution is -2.30. The number of fused-ring (bicyclic) bond motifs is 1. The van der Waals surface area contributed by atoms with E-state index in [1.165, 1.54) is 11.3 Å². The van der Waals surface area contributed by atoms with Crippen LogP contribution < -0.4 is 20.1 Å². The molecule has 0 saturated carbocycles. The summed E-state index contributed by atoms with van der Waals surface area (Å²) in [4.78, 5) is 27.9. The normalized spacial score (nSPS) is 15.8. The summed E-state index contributed by atoms with van der Waals surface area (Å²) in [6.45, 7) is 11.0. The molecule has 1 aromatic heterocycles. The van der Waals surface area contributed by atoms with Crippen LogP contribution in [0.5, 0.6) is 11.5 Å². The number of hydrogen-bond donors (Lipinski definition) is 2. The fourth-order valence-electron chi connectivity index (χ4n) is 4.63. The average molecular weight is 555 g/mol. The Labute approximate surface area is 233 Å². The van der Waals surface area contributed by atoms with E-state index in [1.54, 1.807) is 31.2 Å². The second-order valence-corrected chi connectivity index (χ2v) is 12.2. The molecule has 8 heteroatoms. The van der Waals surface area contributed by atoms with Gasteiger partial charge in [0.2, 0.25) is 0 Å². The van der Waals surface area contributed by atoms with Crippen molar-refractivity contribution in [3.05, 3.63) is 69.6 Å². The molecule has 1 aliphatic rings. The van der Waals surface area contributed by atoms with E-state index in [0.717, 1.165) is 35.5 Å². The maximum absolute atomic E-state index is 13.6. The molecular formula is C30H35ClN2O4S. The second kappa shape index (κ2) is 11.8. The van der Waals surface area contributed by atoms with Crippen LogP contribution in [-0.2, 0) is 17.6 Å². The molecule has 2 amide bonds. The standard InChI is InChI=1S/C30H35ClN2O4S/c1-6-36-22-14-10-21(11-15-22)32-28(35)26-24-16-7-19(30(3,4)5)17-25(24)38-29(26)33-27(34)18(2)37-23-12-8-20(31)9-13-23/h8-15,18-19H,6-7,16-17H2,1-5H3,(H,32,35)(H,33,34). The molecular weight excluding hydrogens is 520 g/mol. The van der Waals surface area contributed by atoms with Crippen molar-refractivity contribution in [3.8, 4) is 11.5 Å². The van der Waals surface area contributed by atoms with Crippen molar-refractivity contribution in [3.63, 3.8) is 0 Å². The number of rotatable bonds is 8. The number of benzene rings is 2. The topological polar surface area (TPSA) is 76.7 Å². The van der Waals surface area contributed by atoms with E-state index in [-0.39, 0.29) is 17.2 Å². The summed E-state index contributed by atoms with van der Waals surface area (Å²) in [5, 5.41) is 7.16. The fourth-order valence-corrected chi connectivity index (χ4v) is 6.09. The van der Waals surface area contributed by atoms with Gasteiger partial charge in [0.05, 0.1) is 12.2 Å². The highest BCUT2D eigenvalue weighted by Crippen LogP contribution is 2.44. The van der Waals surface area contributed by atoms with Crippen LogP contribution in [0.4, 0.5) is 10.7 Å². The van der Waals surface area contributed by atoms with E-state index in [1.807, 2.05) is 31.2 Å². The highest BCUT2D eigenvalue weighted by atomic mass is 35.5. The highest BCUT2D eigenvalue weighted by molar-refractivity contribution is 7.17. The van der Waals surface area contributed by atoms with E-state index < -0.39 is 6.10 Å². The minimum atomic E-state index is -0.764. The van der Waals surface area contributed by atoms with Gasteiger partial charge in [-0.25, -0.2) is 0 Å². The fraction of sp³-hybridized carbons (Fsp3) is 0.400. The van der Waals surface area contributed by atoms with Gasteiger partial charge in [0.1, 0.15) is 16.5 Å². The van der Waals surface area contributed by atoms with Crippen molar-refractivity contribution in [2.75, 3.05) is 17.2 Å². The van der Waals surface area contributed by atoms with E-state index in [4.69, 9.17) is 21.1 Å². The SMILES string of the molecule is CCOc1ccc(NC(=O)c2c(NC(=O)C(C)Oc3ccc(Cl)cc3)sc3c2CCC(C(C)(C)C)C3)cc1. The highest BCUT2D eigenvalue weighted by Gasteiger charge is 2.34. The first-order valence-corrected chi connectivity index (χ1v) is 14.2. The Bertz CT molecular complexity index is 1280. The quantitative estimate of drug-likeness (QED) is 0.300. The molecule has 3 aromatic rings. The molecule has 2 N–H and O–H groups in total. The van der Waals surface area contributed by atoms with Crippen LogP contribution in [0.3, 0.4) is 0 Å². The minimum Gasteiger partial charge on any atom is -0.494 e. The zero-order valence-corrected chi connectivity index (χ0v) is 24.1. The molecule has 0 radical (unpaired) electrons. The van der Waals surface area contributed by atoms with E-state index >= 15 is 0 Å². The summed E-state index contributed by atoms with van der Waals surface area (Å²) in [6.07, 6.45) is 1.92. The molecule has 6 nitrogen and oxygen atoms in total. The second-order valence-electron chi connectivity index (χ2n) is 10.6. The molecule has 0 fully saturated rings. The Hall–Kier alpha value is -3.03.